The summed E-state index contributed by atoms with van der Waals surface area (Å²) in [4.78, 5) is 12.8. The zero-order valence-corrected chi connectivity index (χ0v) is 13.3. The van der Waals surface area contributed by atoms with Crippen LogP contribution in [0, 0.1) is 10.1 Å². The minimum Gasteiger partial charge on any atom is -0.298 e. The van der Waals surface area contributed by atoms with Gasteiger partial charge in [-0.25, -0.2) is 0 Å². The molecule has 0 amide bonds. The van der Waals surface area contributed by atoms with Gasteiger partial charge in [-0.3, -0.25) is 15.0 Å². The van der Waals surface area contributed by atoms with Crippen molar-refractivity contribution < 1.29 is 4.92 Å². The number of nitro benzene ring substituents is 1. The third-order valence-electron chi connectivity index (χ3n) is 3.54. The Morgan fingerprint density at radius 2 is 2.20 bits per heavy atom. The molecular formula is C14H19ClN2O2S. The van der Waals surface area contributed by atoms with E-state index in [1.165, 1.54) is 0 Å². The quantitative estimate of drug-likeness (QED) is 0.625. The summed E-state index contributed by atoms with van der Waals surface area (Å²) in [6, 6.07) is 5.08. The van der Waals surface area contributed by atoms with Gasteiger partial charge >= 0.3 is 0 Å². The van der Waals surface area contributed by atoms with Crippen molar-refractivity contribution in [3.05, 3.63) is 38.9 Å². The highest BCUT2D eigenvalue weighted by atomic mass is 35.5. The normalized spacial score (nSPS) is 19.6. The molecule has 0 saturated carbocycles. The van der Waals surface area contributed by atoms with E-state index in [2.05, 4.69) is 18.7 Å². The van der Waals surface area contributed by atoms with Gasteiger partial charge in [-0.2, -0.15) is 11.8 Å². The van der Waals surface area contributed by atoms with Crippen molar-refractivity contribution in [1.82, 2.24) is 4.90 Å². The van der Waals surface area contributed by atoms with Crippen LogP contribution >= 0.6 is 23.4 Å². The summed E-state index contributed by atoms with van der Waals surface area (Å²) in [7, 11) is 0. The molecule has 1 saturated heterocycles. The van der Waals surface area contributed by atoms with E-state index < -0.39 is 4.92 Å². The molecule has 0 N–H and O–H groups in total. The van der Waals surface area contributed by atoms with Crippen LogP contribution in [0.1, 0.15) is 25.8 Å². The molecule has 0 bridgehead atoms. The fourth-order valence-corrected chi connectivity index (χ4v) is 3.60. The highest BCUT2D eigenvalue weighted by molar-refractivity contribution is 8.00. The average molecular weight is 315 g/mol. The lowest BCUT2D eigenvalue weighted by Gasteiger charge is -2.22. The molecule has 1 heterocycles. The summed E-state index contributed by atoms with van der Waals surface area (Å²) < 4.78 is 0.320. The molecule has 0 unspecified atom stereocenters. The summed E-state index contributed by atoms with van der Waals surface area (Å²) in [5.74, 6) is 1.10. The van der Waals surface area contributed by atoms with Gasteiger partial charge in [0.2, 0.25) is 0 Å². The Morgan fingerprint density at radius 3 is 2.90 bits per heavy atom. The first-order valence-corrected chi connectivity index (χ1v) is 8.03. The highest BCUT2D eigenvalue weighted by Crippen LogP contribution is 2.31. The molecule has 6 heteroatoms. The van der Waals surface area contributed by atoms with Crippen LogP contribution in [0.25, 0.3) is 0 Å². The van der Waals surface area contributed by atoms with Gasteiger partial charge in [0.15, 0.2) is 0 Å². The summed E-state index contributed by atoms with van der Waals surface area (Å²) in [5, 5.41) is 11.1. The molecule has 4 nitrogen and oxygen atoms in total. The third-order valence-corrected chi connectivity index (χ3v) is 5.24. The lowest BCUT2D eigenvalue weighted by molar-refractivity contribution is -0.384. The Labute approximate surface area is 128 Å². The van der Waals surface area contributed by atoms with E-state index in [0.29, 0.717) is 4.75 Å². The maximum atomic E-state index is 10.9. The Bertz CT molecular complexity index is 508. The van der Waals surface area contributed by atoms with Crippen LogP contribution in [0.4, 0.5) is 5.69 Å². The molecule has 2 rings (SSSR count). The van der Waals surface area contributed by atoms with Crippen LogP contribution < -0.4 is 0 Å². The van der Waals surface area contributed by atoms with E-state index >= 15 is 0 Å². The number of nitrogens with zero attached hydrogens (tertiary/aromatic N) is 2. The standard InChI is InChI=1S/C14H19ClN2O2S/c1-14(2)5-6-16(7-8-20-14)10-11-3-4-12(15)13(9-11)17(18)19/h3-4,9H,5-8,10H2,1-2H3. The van der Waals surface area contributed by atoms with Gasteiger partial charge in [0.25, 0.3) is 5.69 Å². The van der Waals surface area contributed by atoms with Crippen LogP contribution in [-0.2, 0) is 6.54 Å². The second-order valence-electron chi connectivity index (χ2n) is 5.68. The number of benzene rings is 1. The maximum absolute atomic E-state index is 10.9. The molecule has 110 valence electrons. The molecule has 1 aliphatic heterocycles. The van der Waals surface area contributed by atoms with Crippen molar-refractivity contribution in [2.24, 2.45) is 0 Å². The molecule has 1 aliphatic rings. The summed E-state index contributed by atoms with van der Waals surface area (Å²) in [6.45, 7) is 7.33. The molecule has 1 aromatic rings. The molecule has 1 aromatic carbocycles. The number of thioether (sulfide) groups is 1. The topological polar surface area (TPSA) is 46.4 Å². The lowest BCUT2D eigenvalue weighted by atomic mass is 10.1. The van der Waals surface area contributed by atoms with Crippen LogP contribution in [0.2, 0.25) is 5.02 Å². The Morgan fingerprint density at radius 1 is 1.45 bits per heavy atom. The van der Waals surface area contributed by atoms with E-state index in [-0.39, 0.29) is 10.7 Å². The molecule has 0 spiro atoms. The van der Waals surface area contributed by atoms with E-state index in [0.717, 1.165) is 37.4 Å². The van der Waals surface area contributed by atoms with E-state index in [4.69, 9.17) is 11.6 Å². The van der Waals surface area contributed by atoms with Gasteiger partial charge in [0, 0.05) is 29.7 Å². The smallest absolute Gasteiger partial charge is 0.288 e. The molecule has 20 heavy (non-hydrogen) atoms. The zero-order valence-electron chi connectivity index (χ0n) is 11.8. The highest BCUT2D eigenvalue weighted by Gasteiger charge is 2.24. The first-order chi connectivity index (χ1) is 9.37. The predicted molar refractivity (Wildman–Crippen MR) is 84.5 cm³/mol. The first-order valence-electron chi connectivity index (χ1n) is 6.66. The third kappa shape index (κ3) is 4.11. The van der Waals surface area contributed by atoms with Gasteiger partial charge in [0.1, 0.15) is 5.02 Å². The van der Waals surface area contributed by atoms with Crippen molar-refractivity contribution in [2.75, 3.05) is 18.8 Å². The van der Waals surface area contributed by atoms with Crippen LogP contribution in [0.3, 0.4) is 0 Å². The molecule has 0 aliphatic carbocycles. The maximum Gasteiger partial charge on any atom is 0.288 e. The molecule has 1 fully saturated rings. The monoisotopic (exact) mass is 314 g/mol. The summed E-state index contributed by atoms with van der Waals surface area (Å²) in [6.07, 6.45) is 1.13. The van der Waals surface area contributed by atoms with Crippen molar-refractivity contribution >= 4 is 29.1 Å². The summed E-state index contributed by atoms with van der Waals surface area (Å²) >= 11 is 7.83. The van der Waals surface area contributed by atoms with Crippen LogP contribution in [-0.4, -0.2) is 33.4 Å². The van der Waals surface area contributed by atoms with E-state index in [9.17, 15) is 10.1 Å². The molecule has 0 radical (unpaired) electrons. The lowest BCUT2D eigenvalue weighted by Crippen LogP contribution is -2.26. The second-order valence-corrected chi connectivity index (χ2v) is 7.89. The minimum absolute atomic E-state index is 0.00584. The Kier molecular flexibility index (Phi) is 4.94. The van der Waals surface area contributed by atoms with Gasteiger partial charge in [0.05, 0.1) is 4.92 Å². The van der Waals surface area contributed by atoms with Crippen molar-refractivity contribution in [1.29, 1.82) is 0 Å². The van der Waals surface area contributed by atoms with Gasteiger partial charge in [-0.15, -0.1) is 0 Å². The largest absolute Gasteiger partial charge is 0.298 e. The van der Waals surface area contributed by atoms with Gasteiger partial charge in [-0.05, 0) is 24.6 Å². The SMILES string of the molecule is CC1(C)CCN(Cc2ccc(Cl)c([N+](=O)[O-])c2)CCS1. The fourth-order valence-electron chi connectivity index (χ4n) is 2.28. The minimum atomic E-state index is -0.423. The number of hydrogen-bond acceptors (Lipinski definition) is 4. The molecular weight excluding hydrogens is 296 g/mol. The van der Waals surface area contributed by atoms with E-state index in [1.54, 1.807) is 12.1 Å². The van der Waals surface area contributed by atoms with Crippen molar-refractivity contribution in [3.63, 3.8) is 0 Å². The molecule has 0 atom stereocenters. The molecule has 0 aromatic heterocycles. The van der Waals surface area contributed by atoms with Crippen LogP contribution in [0.15, 0.2) is 18.2 Å². The zero-order chi connectivity index (χ0) is 14.8. The van der Waals surface area contributed by atoms with Gasteiger partial charge < -0.3 is 0 Å². The predicted octanol–water partition coefficient (Wildman–Crippen LogP) is 3.97. The number of nitro groups is 1. The van der Waals surface area contributed by atoms with Gasteiger partial charge in [-0.1, -0.05) is 31.5 Å². The Hall–Kier alpha value is -0.780. The summed E-state index contributed by atoms with van der Waals surface area (Å²) in [5.41, 5.74) is 0.944. The number of halogens is 1. The fraction of sp³-hybridized carbons (Fsp3) is 0.571. The second kappa shape index (κ2) is 6.33. The average Bonchev–Trinajstić information content (AvgIpc) is 2.53. The number of rotatable bonds is 3. The van der Waals surface area contributed by atoms with Crippen molar-refractivity contribution in [3.8, 4) is 0 Å². The first kappa shape index (κ1) is 15.6. The van der Waals surface area contributed by atoms with Crippen molar-refractivity contribution in [2.45, 2.75) is 31.6 Å². The van der Waals surface area contributed by atoms with E-state index in [1.807, 2.05) is 17.8 Å². The van der Waals surface area contributed by atoms with Crippen LogP contribution in [0.5, 0.6) is 0 Å². The number of hydrogen-bond donors (Lipinski definition) is 0. The Balaban J connectivity index is 2.06.